The number of pyridine rings is 1. The highest BCUT2D eigenvalue weighted by Crippen LogP contribution is 2.27. The number of amides is 1. The summed E-state index contributed by atoms with van der Waals surface area (Å²) >= 11 is 0. The number of piperidine rings is 1. The van der Waals surface area contributed by atoms with E-state index >= 15 is 0 Å². The van der Waals surface area contributed by atoms with Gasteiger partial charge < -0.3 is 9.64 Å². The molecular formula is C21H24N4O2. The molecule has 0 aliphatic carbocycles. The van der Waals surface area contributed by atoms with E-state index in [1.165, 1.54) is 0 Å². The summed E-state index contributed by atoms with van der Waals surface area (Å²) in [6.07, 6.45) is 4.09. The molecule has 1 saturated heterocycles. The zero-order valence-corrected chi connectivity index (χ0v) is 15.8. The number of aromatic nitrogens is 3. The lowest BCUT2D eigenvalue weighted by atomic mass is 10.0. The number of hydrogen-bond donors (Lipinski definition) is 0. The number of carbonyl (C=O) groups excluding carboxylic acids is 1. The Morgan fingerprint density at radius 1 is 1.15 bits per heavy atom. The monoisotopic (exact) mass is 364 g/mol. The Hall–Kier alpha value is -2.89. The predicted octanol–water partition coefficient (Wildman–Crippen LogP) is 3.48. The van der Waals surface area contributed by atoms with Crippen molar-refractivity contribution in [3.8, 4) is 16.9 Å². The molecule has 1 aliphatic rings. The van der Waals surface area contributed by atoms with Crippen molar-refractivity contribution < 1.29 is 9.53 Å². The Morgan fingerprint density at radius 3 is 2.59 bits per heavy atom. The molecule has 0 saturated carbocycles. The van der Waals surface area contributed by atoms with Crippen LogP contribution in [0.4, 0.5) is 0 Å². The van der Waals surface area contributed by atoms with E-state index < -0.39 is 0 Å². The van der Waals surface area contributed by atoms with E-state index in [2.05, 4.69) is 28.3 Å². The Labute approximate surface area is 158 Å². The summed E-state index contributed by atoms with van der Waals surface area (Å²) in [7, 11) is 0. The molecule has 0 bridgehead atoms. The first kappa shape index (κ1) is 17.5. The average Bonchev–Trinajstić information content (AvgIpc) is 3.19. The molecular weight excluding hydrogens is 340 g/mol. The molecule has 0 spiro atoms. The summed E-state index contributed by atoms with van der Waals surface area (Å²) in [4.78, 5) is 17.9. The minimum atomic E-state index is 0.171. The van der Waals surface area contributed by atoms with Crippen molar-refractivity contribution >= 4 is 11.6 Å². The van der Waals surface area contributed by atoms with Crippen LogP contribution in [0.25, 0.3) is 16.8 Å². The van der Waals surface area contributed by atoms with Gasteiger partial charge in [-0.05, 0) is 36.8 Å². The normalized spacial score (nSPS) is 15.3. The first-order valence-electron chi connectivity index (χ1n) is 9.50. The van der Waals surface area contributed by atoms with Crippen molar-refractivity contribution in [3.05, 3.63) is 48.4 Å². The van der Waals surface area contributed by atoms with E-state index in [1.807, 2.05) is 41.5 Å². The van der Waals surface area contributed by atoms with Gasteiger partial charge in [0.2, 0.25) is 5.91 Å². The zero-order chi connectivity index (χ0) is 18.8. The highest BCUT2D eigenvalue weighted by Gasteiger charge is 2.23. The lowest BCUT2D eigenvalue weighted by Gasteiger charge is -2.32. The number of fused-ring (bicyclic) bond motifs is 1. The van der Waals surface area contributed by atoms with Crippen LogP contribution in [-0.2, 0) is 4.79 Å². The van der Waals surface area contributed by atoms with E-state index in [0.717, 1.165) is 54.1 Å². The Bertz CT molecular complexity index is 940. The van der Waals surface area contributed by atoms with Gasteiger partial charge in [-0.2, -0.15) is 5.10 Å². The van der Waals surface area contributed by atoms with Gasteiger partial charge in [-0.25, -0.2) is 9.50 Å². The Kier molecular flexibility index (Phi) is 4.79. The summed E-state index contributed by atoms with van der Waals surface area (Å²) in [5.74, 6) is 1.11. The number of likely N-dealkylation sites (tertiary alicyclic amines) is 1. The van der Waals surface area contributed by atoms with Crippen molar-refractivity contribution in [1.29, 1.82) is 0 Å². The highest BCUT2D eigenvalue weighted by molar-refractivity contribution is 5.75. The third-order valence-electron chi connectivity index (χ3n) is 5.25. The van der Waals surface area contributed by atoms with Gasteiger partial charge in [0.1, 0.15) is 18.2 Å². The largest absolute Gasteiger partial charge is 0.490 e. The lowest BCUT2D eigenvalue weighted by molar-refractivity contribution is -0.132. The van der Waals surface area contributed by atoms with Gasteiger partial charge in [-0.3, -0.25) is 4.79 Å². The van der Waals surface area contributed by atoms with Gasteiger partial charge >= 0.3 is 0 Å². The molecule has 140 valence electrons. The zero-order valence-electron chi connectivity index (χ0n) is 15.8. The lowest BCUT2D eigenvalue weighted by Crippen LogP contribution is -2.41. The maximum atomic E-state index is 11.8. The fourth-order valence-electron chi connectivity index (χ4n) is 3.67. The Balaban J connectivity index is 1.43. The van der Waals surface area contributed by atoms with E-state index in [0.29, 0.717) is 6.42 Å². The number of benzene rings is 1. The van der Waals surface area contributed by atoms with E-state index in [1.54, 1.807) is 6.33 Å². The smallest absolute Gasteiger partial charge is 0.222 e. The molecule has 1 amide bonds. The van der Waals surface area contributed by atoms with Gasteiger partial charge in [0, 0.05) is 43.6 Å². The van der Waals surface area contributed by atoms with E-state index in [4.69, 9.17) is 4.74 Å². The summed E-state index contributed by atoms with van der Waals surface area (Å²) < 4.78 is 7.98. The average molecular weight is 364 g/mol. The third-order valence-corrected chi connectivity index (χ3v) is 5.25. The molecule has 6 heteroatoms. The number of ether oxygens (including phenoxy) is 1. The fourth-order valence-corrected chi connectivity index (χ4v) is 3.67. The molecule has 3 aromatic rings. The van der Waals surface area contributed by atoms with Gasteiger partial charge in [0.15, 0.2) is 5.65 Å². The van der Waals surface area contributed by atoms with Crippen LogP contribution >= 0.6 is 0 Å². The first-order valence-corrected chi connectivity index (χ1v) is 9.50. The molecule has 1 aliphatic heterocycles. The van der Waals surface area contributed by atoms with Gasteiger partial charge in [0.25, 0.3) is 0 Å². The summed E-state index contributed by atoms with van der Waals surface area (Å²) in [5.41, 5.74) is 4.17. The molecule has 1 fully saturated rings. The molecule has 27 heavy (non-hydrogen) atoms. The molecule has 3 heterocycles. The minimum Gasteiger partial charge on any atom is -0.490 e. The topological polar surface area (TPSA) is 59.7 Å². The van der Waals surface area contributed by atoms with Crippen molar-refractivity contribution in [2.24, 2.45) is 0 Å². The number of rotatable bonds is 4. The maximum Gasteiger partial charge on any atom is 0.222 e. The fraction of sp³-hybridized carbons (Fsp3) is 0.381. The second-order valence-corrected chi connectivity index (χ2v) is 6.94. The molecule has 0 N–H and O–H groups in total. The van der Waals surface area contributed by atoms with Gasteiger partial charge in [-0.15, -0.1) is 0 Å². The van der Waals surface area contributed by atoms with Crippen LogP contribution in [0.15, 0.2) is 42.7 Å². The molecule has 0 unspecified atom stereocenters. The molecule has 1 aromatic carbocycles. The number of hydrogen-bond acceptors (Lipinski definition) is 4. The number of aryl methyl sites for hydroxylation is 1. The minimum absolute atomic E-state index is 0.171. The Morgan fingerprint density at radius 2 is 1.89 bits per heavy atom. The summed E-state index contributed by atoms with van der Waals surface area (Å²) in [6.45, 7) is 5.53. The molecule has 0 radical (unpaired) electrons. The maximum absolute atomic E-state index is 11.8. The van der Waals surface area contributed by atoms with Crippen molar-refractivity contribution in [2.45, 2.75) is 39.2 Å². The van der Waals surface area contributed by atoms with Crippen molar-refractivity contribution in [2.75, 3.05) is 13.1 Å². The standard InChI is InChI=1S/C21H24N4O2/c1-3-21(26)24-12-10-18(11-13-24)27-17-6-4-16(5-7-17)19-8-9-20-22-14-23-25(20)15(19)2/h4-9,14,18H,3,10-13H2,1-2H3. The second kappa shape index (κ2) is 7.39. The van der Waals surface area contributed by atoms with Crippen LogP contribution in [0.5, 0.6) is 5.75 Å². The van der Waals surface area contributed by atoms with Gasteiger partial charge in [0.05, 0.1) is 0 Å². The van der Waals surface area contributed by atoms with Crippen molar-refractivity contribution in [3.63, 3.8) is 0 Å². The summed E-state index contributed by atoms with van der Waals surface area (Å²) in [5, 5.41) is 4.28. The van der Waals surface area contributed by atoms with Crippen LogP contribution < -0.4 is 4.74 Å². The van der Waals surface area contributed by atoms with Crippen LogP contribution in [0.3, 0.4) is 0 Å². The first-order chi connectivity index (χ1) is 13.2. The molecule has 2 aromatic heterocycles. The third kappa shape index (κ3) is 3.52. The van der Waals surface area contributed by atoms with E-state index in [9.17, 15) is 4.79 Å². The van der Waals surface area contributed by atoms with Crippen LogP contribution in [-0.4, -0.2) is 44.6 Å². The molecule has 0 atom stereocenters. The van der Waals surface area contributed by atoms with Crippen molar-refractivity contribution in [1.82, 2.24) is 19.5 Å². The van der Waals surface area contributed by atoms with Gasteiger partial charge in [-0.1, -0.05) is 19.1 Å². The molecule has 4 rings (SSSR count). The van der Waals surface area contributed by atoms with Crippen LogP contribution in [0.1, 0.15) is 31.9 Å². The van der Waals surface area contributed by atoms with E-state index in [-0.39, 0.29) is 12.0 Å². The van der Waals surface area contributed by atoms with Crippen LogP contribution in [0, 0.1) is 6.92 Å². The summed E-state index contributed by atoms with van der Waals surface area (Å²) in [6, 6.07) is 12.3. The highest BCUT2D eigenvalue weighted by atomic mass is 16.5. The quantitative estimate of drug-likeness (QED) is 0.711. The number of carbonyl (C=O) groups is 1. The molecule has 6 nitrogen and oxygen atoms in total. The SMILES string of the molecule is CCC(=O)N1CCC(Oc2ccc(-c3ccc4ncnn4c3C)cc2)CC1. The predicted molar refractivity (Wildman–Crippen MR) is 104 cm³/mol. The second-order valence-electron chi connectivity index (χ2n) is 6.94. The number of nitrogens with zero attached hydrogens (tertiary/aromatic N) is 4. The van der Waals surface area contributed by atoms with Crippen LogP contribution in [0.2, 0.25) is 0 Å².